The van der Waals surface area contributed by atoms with E-state index < -0.39 is 11.3 Å². The molecule has 124 valence electrons. The summed E-state index contributed by atoms with van der Waals surface area (Å²) < 4.78 is 0. The normalized spacial score (nSPS) is 12.3. The molecule has 1 amide bonds. The second kappa shape index (κ2) is 7.74. The summed E-state index contributed by atoms with van der Waals surface area (Å²) in [6.45, 7) is 5.46. The number of allylic oxidation sites excluding steroid dienone is 3. The number of benzene rings is 1. The van der Waals surface area contributed by atoms with Crippen LogP contribution in [0.5, 0.6) is 0 Å². The molecule has 0 radical (unpaired) electrons. The van der Waals surface area contributed by atoms with Gasteiger partial charge in [0.15, 0.2) is 5.78 Å². The zero-order valence-corrected chi connectivity index (χ0v) is 14.3. The molecule has 0 aliphatic carbocycles. The van der Waals surface area contributed by atoms with Gasteiger partial charge in [-0.25, -0.2) is 5.48 Å². The molecule has 23 heavy (non-hydrogen) atoms. The lowest BCUT2D eigenvalue weighted by atomic mass is 9.82. The van der Waals surface area contributed by atoms with Gasteiger partial charge >= 0.3 is 0 Å². The van der Waals surface area contributed by atoms with Crippen LogP contribution in [0.4, 0.5) is 5.69 Å². The summed E-state index contributed by atoms with van der Waals surface area (Å²) in [5.74, 6) is -0.608. The van der Waals surface area contributed by atoms with E-state index in [1.54, 1.807) is 19.1 Å². The Hall–Kier alpha value is -2.40. The fraction of sp³-hybridized carbons (Fsp3) is 0.333. The SMILES string of the molecule is CC(C=CC(=O)NO)=CC(C)(C)C(=O)c1ccc(N(C)C)cc1. The van der Waals surface area contributed by atoms with E-state index >= 15 is 0 Å². The molecule has 0 saturated heterocycles. The van der Waals surface area contributed by atoms with Gasteiger partial charge in [-0.3, -0.25) is 14.8 Å². The molecule has 0 fully saturated rings. The molecular formula is C18H24N2O3. The highest BCUT2D eigenvalue weighted by molar-refractivity contribution is 6.01. The van der Waals surface area contributed by atoms with Gasteiger partial charge in [-0.2, -0.15) is 0 Å². The van der Waals surface area contributed by atoms with Crippen LogP contribution in [0.15, 0.2) is 48.1 Å². The van der Waals surface area contributed by atoms with Crippen LogP contribution in [0.2, 0.25) is 0 Å². The molecule has 0 saturated carbocycles. The third kappa shape index (κ3) is 5.38. The molecule has 0 unspecified atom stereocenters. The molecule has 2 N–H and O–H groups in total. The lowest BCUT2D eigenvalue weighted by molar-refractivity contribution is -0.124. The fourth-order valence-corrected chi connectivity index (χ4v) is 2.21. The van der Waals surface area contributed by atoms with Crippen molar-refractivity contribution in [3.05, 3.63) is 53.6 Å². The quantitative estimate of drug-likeness (QED) is 0.278. The maximum absolute atomic E-state index is 12.7. The Morgan fingerprint density at radius 3 is 2.17 bits per heavy atom. The van der Waals surface area contributed by atoms with E-state index in [1.165, 1.54) is 11.6 Å². The van der Waals surface area contributed by atoms with Crippen molar-refractivity contribution in [3.8, 4) is 0 Å². The Morgan fingerprint density at radius 2 is 1.70 bits per heavy atom. The van der Waals surface area contributed by atoms with Gasteiger partial charge in [0, 0.05) is 36.8 Å². The molecule has 0 aromatic heterocycles. The van der Waals surface area contributed by atoms with Gasteiger partial charge in [0.2, 0.25) is 0 Å². The molecule has 0 atom stereocenters. The summed E-state index contributed by atoms with van der Waals surface area (Å²) in [5.41, 5.74) is 3.25. The second-order valence-electron chi connectivity index (χ2n) is 6.19. The zero-order chi connectivity index (χ0) is 17.6. The fourth-order valence-electron chi connectivity index (χ4n) is 2.21. The predicted molar refractivity (Wildman–Crippen MR) is 91.7 cm³/mol. The average Bonchev–Trinajstić information content (AvgIpc) is 2.51. The molecule has 0 aliphatic rings. The number of hydrogen-bond acceptors (Lipinski definition) is 4. The van der Waals surface area contributed by atoms with Crippen LogP contribution in [0.25, 0.3) is 0 Å². The summed E-state index contributed by atoms with van der Waals surface area (Å²) in [7, 11) is 3.89. The van der Waals surface area contributed by atoms with Gasteiger partial charge in [0.1, 0.15) is 0 Å². The molecule has 1 aromatic carbocycles. The third-order valence-electron chi connectivity index (χ3n) is 3.43. The number of rotatable bonds is 6. The minimum absolute atomic E-state index is 0.00201. The van der Waals surface area contributed by atoms with Crippen molar-refractivity contribution in [3.63, 3.8) is 0 Å². The van der Waals surface area contributed by atoms with Crippen LogP contribution in [0, 0.1) is 5.41 Å². The second-order valence-corrected chi connectivity index (χ2v) is 6.19. The van der Waals surface area contributed by atoms with E-state index in [9.17, 15) is 9.59 Å². The van der Waals surface area contributed by atoms with Crippen molar-refractivity contribution in [1.82, 2.24) is 5.48 Å². The number of ketones is 1. The summed E-state index contributed by atoms with van der Waals surface area (Å²) in [4.78, 5) is 25.6. The van der Waals surface area contributed by atoms with E-state index in [0.29, 0.717) is 5.56 Å². The van der Waals surface area contributed by atoms with Gasteiger partial charge in [0.25, 0.3) is 5.91 Å². The van der Waals surface area contributed by atoms with Crippen molar-refractivity contribution in [2.75, 3.05) is 19.0 Å². The minimum atomic E-state index is -0.705. The van der Waals surface area contributed by atoms with Crippen LogP contribution < -0.4 is 10.4 Å². The van der Waals surface area contributed by atoms with Gasteiger partial charge in [-0.05, 0) is 45.0 Å². The van der Waals surface area contributed by atoms with E-state index in [-0.39, 0.29) is 5.78 Å². The predicted octanol–water partition coefficient (Wildman–Crippen LogP) is 2.97. The largest absolute Gasteiger partial charge is 0.378 e. The van der Waals surface area contributed by atoms with E-state index in [0.717, 1.165) is 11.3 Å². The molecule has 0 heterocycles. The summed E-state index contributed by atoms with van der Waals surface area (Å²) in [5, 5.41) is 8.45. The van der Waals surface area contributed by atoms with Crippen molar-refractivity contribution >= 4 is 17.4 Å². The number of Topliss-reactive ketones (excluding diaryl/α,β-unsaturated/α-hetero) is 1. The van der Waals surface area contributed by atoms with Crippen LogP contribution >= 0.6 is 0 Å². The highest BCUT2D eigenvalue weighted by atomic mass is 16.5. The van der Waals surface area contributed by atoms with Gasteiger partial charge in [-0.15, -0.1) is 0 Å². The highest BCUT2D eigenvalue weighted by Gasteiger charge is 2.26. The first-order valence-electron chi connectivity index (χ1n) is 7.31. The third-order valence-corrected chi connectivity index (χ3v) is 3.43. The standard InChI is InChI=1S/C18H24N2O3/c1-13(6-11-16(21)19-23)12-18(2,3)17(22)14-7-9-15(10-8-14)20(4)5/h6-12,23H,1-5H3,(H,19,21). The number of anilines is 1. The maximum atomic E-state index is 12.7. The Labute approximate surface area is 137 Å². The van der Waals surface area contributed by atoms with E-state index in [4.69, 9.17) is 5.21 Å². The van der Waals surface area contributed by atoms with Crippen LogP contribution in [-0.4, -0.2) is 31.0 Å². The number of nitrogens with one attached hydrogen (secondary N) is 1. The lowest BCUT2D eigenvalue weighted by Gasteiger charge is -2.20. The monoisotopic (exact) mass is 316 g/mol. The lowest BCUT2D eigenvalue weighted by Crippen LogP contribution is -2.22. The number of nitrogens with zero attached hydrogens (tertiary/aromatic N) is 1. The van der Waals surface area contributed by atoms with Gasteiger partial charge in [-0.1, -0.05) is 17.7 Å². The summed E-state index contributed by atoms with van der Waals surface area (Å²) >= 11 is 0. The number of carbonyl (C=O) groups excluding carboxylic acids is 2. The number of hydrogen-bond donors (Lipinski definition) is 2. The van der Waals surface area contributed by atoms with Crippen LogP contribution in [-0.2, 0) is 4.79 Å². The van der Waals surface area contributed by atoms with Crippen molar-refractivity contribution < 1.29 is 14.8 Å². The minimum Gasteiger partial charge on any atom is -0.378 e. The first-order valence-corrected chi connectivity index (χ1v) is 7.31. The number of amides is 1. The maximum Gasteiger partial charge on any atom is 0.267 e. The molecule has 0 bridgehead atoms. The molecule has 5 nitrogen and oxygen atoms in total. The molecule has 1 rings (SSSR count). The van der Waals surface area contributed by atoms with Crippen LogP contribution in [0.3, 0.4) is 0 Å². The number of carbonyl (C=O) groups is 2. The summed E-state index contributed by atoms with van der Waals surface area (Å²) in [6.07, 6.45) is 4.56. The first kappa shape index (κ1) is 18.6. The van der Waals surface area contributed by atoms with E-state index in [1.807, 2.05) is 57.1 Å². The Morgan fingerprint density at radius 1 is 1.13 bits per heavy atom. The Bertz CT molecular complexity index is 626. The molecule has 1 aromatic rings. The molecular weight excluding hydrogens is 292 g/mol. The van der Waals surface area contributed by atoms with Crippen molar-refractivity contribution in [2.45, 2.75) is 20.8 Å². The van der Waals surface area contributed by atoms with E-state index in [2.05, 4.69) is 0 Å². The van der Waals surface area contributed by atoms with Crippen LogP contribution in [0.1, 0.15) is 31.1 Å². The Kier molecular flexibility index (Phi) is 6.28. The van der Waals surface area contributed by atoms with Crippen molar-refractivity contribution in [1.29, 1.82) is 0 Å². The smallest absolute Gasteiger partial charge is 0.267 e. The highest BCUT2D eigenvalue weighted by Crippen LogP contribution is 2.26. The Balaban J connectivity index is 2.95. The molecule has 0 spiro atoms. The number of hydroxylamine groups is 1. The van der Waals surface area contributed by atoms with Gasteiger partial charge in [0.05, 0.1) is 0 Å². The van der Waals surface area contributed by atoms with Gasteiger partial charge < -0.3 is 4.90 Å². The first-order chi connectivity index (χ1) is 10.7. The molecule has 0 aliphatic heterocycles. The van der Waals surface area contributed by atoms with Crippen molar-refractivity contribution in [2.24, 2.45) is 5.41 Å². The average molecular weight is 316 g/mol. The molecule has 5 heteroatoms. The topological polar surface area (TPSA) is 69.6 Å². The zero-order valence-electron chi connectivity index (χ0n) is 14.3. The summed E-state index contributed by atoms with van der Waals surface area (Å²) in [6, 6.07) is 7.45.